The fraction of sp³-hybridized carbons (Fsp3) is 0.133. The van der Waals surface area contributed by atoms with Gasteiger partial charge in [0.25, 0.3) is 0 Å². The Morgan fingerprint density at radius 2 is 2.16 bits per heavy atom. The van der Waals surface area contributed by atoms with Crippen molar-refractivity contribution in [2.24, 2.45) is 0 Å². The van der Waals surface area contributed by atoms with Crippen molar-refractivity contribution in [1.29, 1.82) is 5.26 Å². The van der Waals surface area contributed by atoms with Crippen molar-refractivity contribution in [3.8, 4) is 17.3 Å². The molecule has 1 heterocycles. The number of nitrogens with zero attached hydrogens (tertiary/aromatic N) is 2. The first-order valence-corrected chi connectivity index (χ1v) is 5.85. The monoisotopic (exact) mass is 254 g/mol. The molecular weight excluding hydrogens is 243 g/mol. The van der Waals surface area contributed by atoms with Crippen LogP contribution in [-0.4, -0.2) is 10.8 Å². The summed E-state index contributed by atoms with van der Waals surface area (Å²) in [5, 5.41) is 8.69. The van der Waals surface area contributed by atoms with Crippen LogP contribution in [-0.2, 0) is 0 Å². The van der Waals surface area contributed by atoms with Crippen LogP contribution in [0.1, 0.15) is 29.3 Å². The maximum Gasteiger partial charge on any atom is 0.162 e. The third kappa shape index (κ3) is 2.66. The average molecular weight is 254 g/mol. The fourth-order valence-corrected chi connectivity index (χ4v) is 1.72. The number of hydrogen-bond donors (Lipinski definition) is 0. The first-order valence-electron chi connectivity index (χ1n) is 5.85. The summed E-state index contributed by atoms with van der Waals surface area (Å²) in [6.45, 7) is 1.76. The topological polar surface area (TPSA) is 53.8 Å². The largest absolute Gasteiger partial charge is 0.294 e. The van der Waals surface area contributed by atoms with Gasteiger partial charge in [-0.25, -0.2) is 4.39 Å². The zero-order chi connectivity index (χ0) is 13.8. The van der Waals surface area contributed by atoms with E-state index < -0.39 is 5.82 Å². The normalized spacial score (nSPS) is 9.95. The van der Waals surface area contributed by atoms with Crippen molar-refractivity contribution in [2.45, 2.75) is 13.3 Å². The van der Waals surface area contributed by atoms with E-state index in [1.807, 2.05) is 6.07 Å². The van der Waals surface area contributed by atoms with Gasteiger partial charge in [-0.15, -0.1) is 0 Å². The van der Waals surface area contributed by atoms with E-state index in [0.29, 0.717) is 23.2 Å². The zero-order valence-corrected chi connectivity index (χ0v) is 10.4. The number of ketones is 1. The Morgan fingerprint density at radius 3 is 2.74 bits per heavy atom. The first-order chi connectivity index (χ1) is 9.15. The molecule has 1 aromatic heterocycles. The Morgan fingerprint density at radius 1 is 1.37 bits per heavy atom. The van der Waals surface area contributed by atoms with Gasteiger partial charge in [0.15, 0.2) is 5.78 Å². The summed E-state index contributed by atoms with van der Waals surface area (Å²) < 4.78 is 13.8. The van der Waals surface area contributed by atoms with Crippen molar-refractivity contribution in [2.75, 3.05) is 0 Å². The van der Waals surface area contributed by atoms with Crippen LogP contribution in [0.4, 0.5) is 4.39 Å². The second kappa shape index (κ2) is 5.40. The van der Waals surface area contributed by atoms with Crippen LogP contribution in [0, 0.1) is 17.1 Å². The van der Waals surface area contributed by atoms with Gasteiger partial charge in [-0.05, 0) is 30.3 Å². The lowest BCUT2D eigenvalue weighted by Crippen LogP contribution is -1.98. The maximum absolute atomic E-state index is 13.8. The number of rotatable bonds is 3. The van der Waals surface area contributed by atoms with E-state index >= 15 is 0 Å². The molecule has 3 nitrogen and oxygen atoms in total. The molecular formula is C15H11FN2O. The summed E-state index contributed by atoms with van der Waals surface area (Å²) in [6, 6.07) is 9.31. The van der Waals surface area contributed by atoms with Crippen LogP contribution in [0.5, 0.6) is 0 Å². The molecule has 2 aromatic rings. The Kier molecular flexibility index (Phi) is 3.67. The lowest BCUT2D eigenvalue weighted by atomic mass is 10.0. The lowest BCUT2D eigenvalue weighted by molar-refractivity contribution is 0.0988. The summed E-state index contributed by atoms with van der Waals surface area (Å²) in [4.78, 5) is 15.7. The van der Waals surface area contributed by atoms with Crippen molar-refractivity contribution in [3.05, 3.63) is 53.5 Å². The second-order valence-electron chi connectivity index (χ2n) is 4.02. The minimum absolute atomic E-state index is 0.0464. The van der Waals surface area contributed by atoms with E-state index in [1.54, 1.807) is 19.1 Å². The van der Waals surface area contributed by atoms with E-state index in [0.717, 1.165) is 0 Å². The van der Waals surface area contributed by atoms with E-state index in [-0.39, 0.29) is 11.3 Å². The Balaban J connectivity index is 2.48. The molecule has 0 aliphatic heterocycles. The van der Waals surface area contributed by atoms with Crippen LogP contribution in [0.2, 0.25) is 0 Å². The maximum atomic E-state index is 13.8. The Hall–Kier alpha value is -2.54. The van der Waals surface area contributed by atoms with Gasteiger partial charge in [0.2, 0.25) is 0 Å². The number of Topliss-reactive ketones (excluding diaryl/α,β-unsaturated/α-hetero) is 1. The summed E-state index contributed by atoms with van der Waals surface area (Å²) in [5.41, 5.74) is 1.54. The Bertz CT molecular complexity index is 657. The number of pyridine rings is 1. The molecule has 19 heavy (non-hydrogen) atoms. The van der Waals surface area contributed by atoms with Crippen LogP contribution < -0.4 is 0 Å². The molecule has 0 aliphatic rings. The SMILES string of the molecule is CCC(=O)c1ccc(F)c(-c2ccc(C#N)cn2)c1. The molecule has 0 saturated heterocycles. The minimum atomic E-state index is -0.440. The van der Waals surface area contributed by atoms with Crippen LogP contribution in [0.3, 0.4) is 0 Å². The molecule has 0 spiro atoms. The van der Waals surface area contributed by atoms with Gasteiger partial charge in [0, 0.05) is 23.7 Å². The number of benzene rings is 1. The van der Waals surface area contributed by atoms with Gasteiger partial charge >= 0.3 is 0 Å². The number of aromatic nitrogens is 1. The summed E-state index contributed by atoms with van der Waals surface area (Å²) in [5.74, 6) is -0.486. The van der Waals surface area contributed by atoms with Crippen LogP contribution in [0.15, 0.2) is 36.5 Å². The van der Waals surface area contributed by atoms with Crippen molar-refractivity contribution >= 4 is 5.78 Å². The first kappa shape index (κ1) is 12.9. The highest BCUT2D eigenvalue weighted by atomic mass is 19.1. The van der Waals surface area contributed by atoms with Crippen molar-refractivity contribution in [1.82, 2.24) is 4.98 Å². The molecule has 94 valence electrons. The average Bonchev–Trinajstić information content (AvgIpc) is 2.47. The molecule has 4 heteroatoms. The molecule has 0 fully saturated rings. The molecule has 2 rings (SSSR count). The van der Waals surface area contributed by atoms with Gasteiger partial charge in [-0.3, -0.25) is 9.78 Å². The van der Waals surface area contributed by atoms with Crippen molar-refractivity contribution in [3.63, 3.8) is 0 Å². The van der Waals surface area contributed by atoms with Crippen LogP contribution in [0.25, 0.3) is 11.3 Å². The van der Waals surface area contributed by atoms with Gasteiger partial charge in [0.05, 0.1) is 11.3 Å². The second-order valence-corrected chi connectivity index (χ2v) is 4.02. The van der Waals surface area contributed by atoms with Gasteiger partial charge < -0.3 is 0 Å². The minimum Gasteiger partial charge on any atom is -0.294 e. The highest BCUT2D eigenvalue weighted by molar-refractivity contribution is 5.96. The van der Waals surface area contributed by atoms with Crippen molar-refractivity contribution < 1.29 is 9.18 Å². The zero-order valence-electron chi connectivity index (χ0n) is 10.4. The predicted molar refractivity (Wildman–Crippen MR) is 69.0 cm³/mol. The molecule has 0 amide bonds. The van der Waals surface area contributed by atoms with E-state index in [1.165, 1.54) is 24.4 Å². The molecule has 0 saturated carbocycles. The smallest absolute Gasteiger partial charge is 0.162 e. The predicted octanol–water partition coefficient (Wildman–Crippen LogP) is 3.35. The number of halogens is 1. The molecule has 0 N–H and O–H groups in total. The highest BCUT2D eigenvalue weighted by Gasteiger charge is 2.11. The number of nitriles is 1. The summed E-state index contributed by atoms with van der Waals surface area (Å²) >= 11 is 0. The number of carbonyl (C=O) groups is 1. The molecule has 0 bridgehead atoms. The summed E-state index contributed by atoms with van der Waals surface area (Å²) in [7, 11) is 0. The Labute approximate surface area is 110 Å². The molecule has 0 unspecified atom stereocenters. The highest BCUT2D eigenvalue weighted by Crippen LogP contribution is 2.23. The van der Waals surface area contributed by atoms with E-state index in [9.17, 15) is 9.18 Å². The van der Waals surface area contributed by atoms with Gasteiger partial charge in [-0.2, -0.15) is 5.26 Å². The molecule has 1 aromatic carbocycles. The number of hydrogen-bond acceptors (Lipinski definition) is 3. The number of carbonyl (C=O) groups excluding carboxylic acids is 1. The molecule has 0 radical (unpaired) electrons. The third-order valence-corrected chi connectivity index (χ3v) is 2.78. The quantitative estimate of drug-likeness (QED) is 0.789. The third-order valence-electron chi connectivity index (χ3n) is 2.78. The van der Waals surface area contributed by atoms with Crippen LogP contribution >= 0.6 is 0 Å². The van der Waals surface area contributed by atoms with E-state index in [2.05, 4.69) is 4.98 Å². The summed E-state index contributed by atoms with van der Waals surface area (Å²) in [6.07, 6.45) is 1.74. The van der Waals surface area contributed by atoms with Gasteiger partial charge in [0.1, 0.15) is 11.9 Å². The standard InChI is InChI=1S/C15H11FN2O/c1-2-15(19)11-4-5-13(16)12(7-11)14-6-3-10(8-17)9-18-14/h3-7,9H,2H2,1H3. The lowest BCUT2D eigenvalue weighted by Gasteiger charge is -2.05. The van der Waals surface area contributed by atoms with Gasteiger partial charge in [-0.1, -0.05) is 6.92 Å². The molecule has 0 aliphatic carbocycles. The molecule has 0 atom stereocenters. The van der Waals surface area contributed by atoms with E-state index in [4.69, 9.17) is 5.26 Å². The fourth-order valence-electron chi connectivity index (χ4n) is 1.72.